The van der Waals surface area contributed by atoms with Crippen LogP contribution in [0.25, 0.3) is 0 Å². The van der Waals surface area contributed by atoms with E-state index in [0.717, 1.165) is 17.9 Å². The van der Waals surface area contributed by atoms with Gasteiger partial charge in [0.2, 0.25) is 0 Å². The van der Waals surface area contributed by atoms with Crippen molar-refractivity contribution in [2.24, 2.45) is 11.8 Å². The van der Waals surface area contributed by atoms with E-state index in [2.05, 4.69) is 13.0 Å². The fraction of sp³-hybridized carbons (Fsp3) is 0.667. The summed E-state index contributed by atoms with van der Waals surface area (Å²) in [6.45, 7) is 7.10. The first kappa shape index (κ1) is 16.1. The Balaban J connectivity index is 2.33. The minimum Gasteiger partial charge on any atom is -0.496 e. The molecule has 0 radical (unpaired) electrons. The summed E-state index contributed by atoms with van der Waals surface area (Å²) in [4.78, 5) is 11.6. The van der Waals surface area contributed by atoms with Crippen LogP contribution < -0.4 is 0 Å². The summed E-state index contributed by atoms with van der Waals surface area (Å²) in [6.07, 6.45) is 5.64. The second kappa shape index (κ2) is 8.26. The quantitative estimate of drug-likeness (QED) is 0.224. The molecule has 0 aromatic carbocycles. The summed E-state index contributed by atoms with van der Waals surface area (Å²) in [7, 11) is 0. The van der Waals surface area contributed by atoms with Gasteiger partial charge in [-0.2, -0.15) is 0 Å². The Hall–Kier alpha value is -0.960. The average Bonchev–Trinajstić information content (AvgIpc) is 3.07. The molecule has 0 heterocycles. The second-order valence-electron chi connectivity index (χ2n) is 5.09. The van der Waals surface area contributed by atoms with Gasteiger partial charge in [0.05, 0.1) is 18.6 Å². The Bertz CT molecular complexity index is 360. The van der Waals surface area contributed by atoms with Gasteiger partial charge in [-0.3, -0.25) is 0 Å². The largest absolute Gasteiger partial charge is 0.496 e. The molecule has 3 nitrogen and oxygen atoms in total. The molecule has 1 saturated carbocycles. The number of rotatable bonds is 8. The van der Waals surface area contributed by atoms with E-state index in [9.17, 15) is 4.79 Å². The van der Waals surface area contributed by atoms with E-state index in [0.29, 0.717) is 24.9 Å². The fourth-order valence-corrected chi connectivity index (χ4v) is 1.86. The first-order chi connectivity index (χ1) is 9.06. The molecular formula is C15H23ClO3. The molecule has 19 heavy (non-hydrogen) atoms. The maximum absolute atomic E-state index is 11.6. The van der Waals surface area contributed by atoms with E-state index in [4.69, 9.17) is 21.1 Å². The number of carbonyl (C=O) groups excluding carboxylic acids is 1. The summed E-state index contributed by atoms with van der Waals surface area (Å²) in [5.41, 5.74) is 1.10. The predicted octanol–water partition coefficient (Wildman–Crippen LogP) is 3.68. The summed E-state index contributed by atoms with van der Waals surface area (Å²) in [6, 6.07) is 0. The van der Waals surface area contributed by atoms with Crippen molar-refractivity contribution in [2.75, 3.05) is 19.1 Å². The Morgan fingerprint density at radius 1 is 1.42 bits per heavy atom. The first-order valence-corrected chi connectivity index (χ1v) is 7.33. The van der Waals surface area contributed by atoms with Gasteiger partial charge < -0.3 is 9.47 Å². The van der Waals surface area contributed by atoms with Crippen molar-refractivity contribution in [3.05, 3.63) is 23.5 Å². The highest BCUT2D eigenvalue weighted by molar-refractivity contribution is 6.19. The van der Waals surface area contributed by atoms with Crippen LogP contribution in [0.3, 0.4) is 0 Å². The Labute approximate surface area is 120 Å². The normalized spacial score (nSPS) is 23.2. The van der Waals surface area contributed by atoms with Crippen molar-refractivity contribution < 1.29 is 14.3 Å². The lowest BCUT2D eigenvalue weighted by Crippen LogP contribution is -2.06. The first-order valence-electron chi connectivity index (χ1n) is 6.80. The van der Waals surface area contributed by atoms with E-state index in [1.807, 2.05) is 13.8 Å². The molecule has 108 valence electrons. The van der Waals surface area contributed by atoms with E-state index >= 15 is 0 Å². The predicted molar refractivity (Wildman–Crippen MR) is 77.0 cm³/mol. The van der Waals surface area contributed by atoms with Crippen LogP contribution in [-0.4, -0.2) is 25.1 Å². The Kier molecular flexibility index (Phi) is 7.00. The van der Waals surface area contributed by atoms with Crippen molar-refractivity contribution >= 4 is 17.6 Å². The van der Waals surface area contributed by atoms with Gasteiger partial charge in [0.1, 0.15) is 12.4 Å². The molecule has 2 atom stereocenters. The molecule has 0 saturated heterocycles. The number of halogens is 1. The van der Waals surface area contributed by atoms with Crippen molar-refractivity contribution in [1.82, 2.24) is 0 Å². The highest BCUT2D eigenvalue weighted by Crippen LogP contribution is 2.39. The van der Waals surface area contributed by atoms with E-state index < -0.39 is 5.97 Å². The minimum atomic E-state index is -0.400. The van der Waals surface area contributed by atoms with Crippen LogP contribution >= 0.6 is 11.6 Å². The fourth-order valence-electron chi connectivity index (χ4n) is 1.71. The number of hydrogen-bond acceptors (Lipinski definition) is 3. The molecule has 0 spiro atoms. The number of ether oxygens (including phenoxy) is 2. The smallest absolute Gasteiger partial charge is 0.334 e. The van der Waals surface area contributed by atoms with Crippen LogP contribution in [0.1, 0.15) is 33.6 Å². The minimum absolute atomic E-state index is 0.184. The van der Waals surface area contributed by atoms with Crippen LogP contribution in [0, 0.1) is 11.8 Å². The van der Waals surface area contributed by atoms with Gasteiger partial charge in [-0.15, -0.1) is 11.6 Å². The SMILES string of the molecule is CCCO/C(=C/C(=O)OC/C(C)=C/[C@H]1CC1C)CCl. The summed E-state index contributed by atoms with van der Waals surface area (Å²) in [5.74, 6) is 1.69. The molecule has 0 aromatic rings. The van der Waals surface area contributed by atoms with E-state index in [1.165, 1.54) is 12.5 Å². The molecule has 4 heteroatoms. The number of carbonyl (C=O) groups is 1. The summed E-state index contributed by atoms with van der Waals surface area (Å²) in [5, 5.41) is 0. The van der Waals surface area contributed by atoms with Crippen molar-refractivity contribution in [3.63, 3.8) is 0 Å². The van der Waals surface area contributed by atoms with E-state index in [1.54, 1.807) is 0 Å². The zero-order valence-electron chi connectivity index (χ0n) is 11.9. The molecule has 1 unspecified atom stereocenters. The number of hydrogen-bond donors (Lipinski definition) is 0. The molecule has 0 amide bonds. The third-order valence-corrected chi connectivity index (χ3v) is 3.28. The highest BCUT2D eigenvalue weighted by Gasteiger charge is 2.30. The molecule has 0 bridgehead atoms. The third kappa shape index (κ3) is 6.67. The molecule has 0 aromatic heterocycles. The Morgan fingerprint density at radius 3 is 2.63 bits per heavy atom. The highest BCUT2D eigenvalue weighted by atomic mass is 35.5. The topological polar surface area (TPSA) is 35.5 Å². The average molecular weight is 287 g/mol. The van der Waals surface area contributed by atoms with Crippen molar-refractivity contribution in [1.29, 1.82) is 0 Å². The van der Waals surface area contributed by atoms with Crippen LogP contribution in [-0.2, 0) is 14.3 Å². The van der Waals surface area contributed by atoms with Gasteiger partial charge in [-0.05, 0) is 37.2 Å². The van der Waals surface area contributed by atoms with Gasteiger partial charge in [-0.1, -0.05) is 19.9 Å². The van der Waals surface area contributed by atoms with E-state index in [-0.39, 0.29) is 5.88 Å². The van der Waals surface area contributed by atoms with Crippen LogP contribution in [0.2, 0.25) is 0 Å². The molecule has 1 fully saturated rings. The number of esters is 1. The zero-order chi connectivity index (χ0) is 14.3. The summed E-state index contributed by atoms with van der Waals surface area (Å²) < 4.78 is 10.5. The molecule has 1 aliphatic carbocycles. The zero-order valence-corrected chi connectivity index (χ0v) is 12.7. The standard InChI is InChI=1S/C15H23ClO3/c1-4-5-18-14(9-16)8-15(17)19-10-11(2)6-13-7-12(13)3/h6,8,12-13H,4-5,7,9-10H2,1-3H3/b11-6+,14-8+/t12?,13-/m0/s1. The van der Waals surface area contributed by atoms with Crippen LogP contribution in [0.15, 0.2) is 23.5 Å². The molecular weight excluding hydrogens is 264 g/mol. The lowest BCUT2D eigenvalue weighted by molar-refractivity contribution is -0.137. The van der Waals surface area contributed by atoms with Crippen molar-refractivity contribution in [3.8, 4) is 0 Å². The maximum Gasteiger partial charge on any atom is 0.334 e. The monoisotopic (exact) mass is 286 g/mol. The van der Waals surface area contributed by atoms with Gasteiger partial charge in [0, 0.05) is 0 Å². The second-order valence-corrected chi connectivity index (χ2v) is 5.36. The molecule has 1 aliphatic rings. The molecule has 1 rings (SSSR count). The Morgan fingerprint density at radius 2 is 2.11 bits per heavy atom. The third-order valence-electron chi connectivity index (χ3n) is 3.01. The van der Waals surface area contributed by atoms with Gasteiger partial charge in [0.15, 0.2) is 0 Å². The van der Waals surface area contributed by atoms with Gasteiger partial charge in [0.25, 0.3) is 0 Å². The van der Waals surface area contributed by atoms with Gasteiger partial charge >= 0.3 is 5.97 Å². The van der Waals surface area contributed by atoms with Crippen LogP contribution in [0.4, 0.5) is 0 Å². The number of allylic oxidation sites excluding steroid dienone is 2. The molecule has 0 aliphatic heterocycles. The number of alkyl halides is 1. The maximum atomic E-state index is 11.6. The lowest BCUT2D eigenvalue weighted by Gasteiger charge is -2.07. The van der Waals surface area contributed by atoms with Crippen LogP contribution in [0.5, 0.6) is 0 Å². The molecule has 0 N–H and O–H groups in total. The van der Waals surface area contributed by atoms with Crippen molar-refractivity contribution in [2.45, 2.75) is 33.6 Å². The lowest BCUT2D eigenvalue weighted by atomic mass is 10.2. The van der Waals surface area contributed by atoms with Gasteiger partial charge in [-0.25, -0.2) is 4.79 Å². The summed E-state index contributed by atoms with van der Waals surface area (Å²) >= 11 is 5.69.